The van der Waals surface area contributed by atoms with E-state index in [1.54, 1.807) is 18.2 Å². The van der Waals surface area contributed by atoms with Gasteiger partial charge in [-0.2, -0.15) is 0 Å². The van der Waals surface area contributed by atoms with Crippen molar-refractivity contribution in [2.75, 3.05) is 0 Å². The lowest BCUT2D eigenvalue weighted by molar-refractivity contribution is -0.128. The maximum Gasteiger partial charge on any atom is 0.400 e. The van der Waals surface area contributed by atoms with Crippen molar-refractivity contribution in [1.82, 2.24) is 9.80 Å². The van der Waals surface area contributed by atoms with Crippen molar-refractivity contribution in [2.24, 2.45) is 0 Å². The molecule has 0 atom stereocenters. The standard InChI is InChI=1S/C14H8N2O4/c17-11-4-5-12(18)15(11)9-2-1-3-10(8-9)16-13(19)6-7-14(16)20/h1-8H/q+2. The number of anilines is 2. The second kappa shape index (κ2) is 4.44. The third kappa shape index (κ3) is 1.83. The Labute approximate surface area is 113 Å². The quantitative estimate of drug-likeness (QED) is 0.577. The number of imide groups is 2. The maximum atomic E-state index is 11.6. The molecule has 0 aromatic heterocycles. The smallest absolute Gasteiger partial charge is 0.219 e. The van der Waals surface area contributed by atoms with E-state index in [-0.39, 0.29) is 0 Å². The second-order valence-corrected chi connectivity index (χ2v) is 4.21. The Morgan fingerprint density at radius 3 is 1.30 bits per heavy atom. The van der Waals surface area contributed by atoms with Gasteiger partial charge in [0.05, 0.1) is 30.4 Å². The highest BCUT2D eigenvalue weighted by Crippen LogP contribution is 2.26. The summed E-state index contributed by atoms with van der Waals surface area (Å²) in [6.07, 6.45) is 4.68. The topological polar surface area (TPSA) is 80.1 Å². The Balaban J connectivity index is 1.99. The second-order valence-electron chi connectivity index (χ2n) is 4.21. The van der Waals surface area contributed by atoms with Gasteiger partial charge in [-0.1, -0.05) is 0 Å². The molecule has 2 radical (unpaired) electrons. The van der Waals surface area contributed by atoms with Crippen molar-refractivity contribution in [3.63, 3.8) is 0 Å². The highest BCUT2D eigenvalue weighted by Gasteiger charge is 2.43. The van der Waals surface area contributed by atoms with Crippen LogP contribution in [-0.4, -0.2) is 23.6 Å². The van der Waals surface area contributed by atoms with Crippen molar-refractivity contribution < 1.29 is 19.2 Å². The zero-order chi connectivity index (χ0) is 14.3. The van der Waals surface area contributed by atoms with Gasteiger partial charge in [0.2, 0.25) is 11.4 Å². The molecule has 0 bridgehead atoms. The van der Waals surface area contributed by atoms with E-state index in [2.05, 4.69) is 0 Å². The highest BCUT2D eigenvalue weighted by molar-refractivity contribution is 6.20. The Morgan fingerprint density at radius 2 is 0.950 bits per heavy atom. The molecule has 4 amide bonds. The minimum Gasteiger partial charge on any atom is -0.219 e. The highest BCUT2D eigenvalue weighted by atomic mass is 16.2. The summed E-state index contributed by atoms with van der Waals surface area (Å²) in [7, 11) is 0. The van der Waals surface area contributed by atoms with Crippen molar-refractivity contribution in [1.29, 1.82) is 0 Å². The fourth-order valence-electron chi connectivity index (χ4n) is 2.08. The van der Waals surface area contributed by atoms with Crippen LogP contribution in [0.5, 0.6) is 0 Å². The number of benzene rings is 1. The number of carbonyl (C=O) groups excluding carboxylic acids is 4. The summed E-state index contributed by atoms with van der Waals surface area (Å²) < 4.78 is 0. The van der Waals surface area contributed by atoms with Gasteiger partial charge in [-0.15, -0.1) is 0 Å². The molecule has 0 unspecified atom stereocenters. The molecule has 0 spiro atoms. The molecule has 0 fully saturated rings. The molecule has 2 aliphatic heterocycles. The first-order chi connectivity index (χ1) is 9.58. The van der Waals surface area contributed by atoms with E-state index in [4.69, 9.17) is 0 Å². The van der Waals surface area contributed by atoms with Gasteiger partial charge < -0.3 is 0 Å². The van der Waals surface area contributed by atoms with E-state index in [9.17, 15) is 19.2 Å². The van der Waals surface area contributed by atoms with Crippen LogP contribution in [0.2, 0.25) is 0 Å². The summed E-state index contributed by atoms with van der Waals surface area (Å²) in [5.74, 6) is -1.82. The minimum absolute atomic E-state index is 0.315. The van der Waals surface area contributed by atoms with Gasteiger partial charge in [0.1, 0.15) is 0 Å². The van der Waals surface area contributed by atoms with Gasteiger partial charge in [0.15, 0.2) is 0 Å². The van der Waals surface area contributed by atoms with Crippen molar-refractivity contribution in [3.05, 3.63) is 48.6 Å². The van der Waals surface area contributed by atoms with Gasteiger partial charge >= 0.3 is 23.6 Å². The lowest BCUT2D eigenvalue weighted by Crippen LogP contribution is -2.33. The zero-order valence-corrected chi connectivity index (χ0v) is 10.1. The molecule has 3 rings (SSSR count). The lowest BCUT2D eigenvalue weighted by Gasteiger charge is -2.02. The molecule has 2 heterocycles. The molecule has 6 nitrogen and oxygen atoms in total. The molecule has 1 aromatic rings. The van der Waals surface area contributed by atoms with Crippen LogP contribution in [0.1, 0.15) is 0 Å². The number of rotatable bonds is 2. The van der Waals surface area contributed by atoms with E-state index >= 15 is 0 Å². The molecule has 6 heteroatoms. The van der Waals surface area contributed by atoms with Crippen LogP contribution in [0.15, 0.2) is 48.6 Å². The molecule has 20 heavy (non-hydrogen) atoms. The Morgan fingerprint density at radius 1 is 0.600 bits per heavy atom. The van der Waals surface area contributed by atoms with Crippen LogP contribution < -0.4 is 9.80 Å². The maximum absolute atomic E-state index is 11.6. The molecule has 1 aromatic carbocycles. The lowest BCUT2D eigenvalue weighted by atomic mass is 10.2. The van der Waals surface area contributed by atoms with Crippen LogP contribution in [0.3, 0.4) is 0 Å². The average Bonchev–Trinajstić information content (AvgIpc) is 2.93. The van der Waals surface area contributed by atoms with Crippen LogP contribution >= 0.6 is 0 Å². The summed E-state index contributed by atoms with van der Waals surface area (Å²) >= 11 is 0. The molecule has 0 N–H and O–H groups in total. The fraction of sp³-hybridized carbons (Fsp3) is 0. The summed E-state index contributed by atoms with van der Waals surface area (Å²) in [4.78, 5) is 48.4. The molecule has 0 saturated heterocycles. The minimum atomic E-state index is -0.454. The van der Waals surface area contributed by atoms with Crippen molar-refractivity contribution in [2.45, 2.75) is 0 Å². The van der Waals surface area contributed by atoms with Gasteiger partial charge in [-0.25, -0.2) is 19.2 Å². The van der Waals surface area contributed by atoms with Crippen LogP contribution in [0.4, 0.5) is 11.4 Å². The third-order valence-corrected chi connectivity index (χ3v) is 2.96. The van der Waals surface area contributed by atoms with Gasteiger partial charge in [0, 0.05) is 21.9 Å². The van der Waals surface area contributed by atoms with Crippen molar-refractivity contribution >= 4 is 35.0 Å². The van der Waals surface area contributed by atoms with E-state index in [1.807, 2.05) is 0 Å². The predicted molar refractivity (Wildman–Crippen MR) is 68.3 cm³/mol. The van der Waals surface area contributed by atoms with Crippen molar-refractivity contribution in [3.8, 4) is 0 Å². The number of amides is 4. The third-order valence-electron chi connectivity index (χ3n) is 2.96. The molecule has 96 valence electrons. The van der Waals surface area contributed by atoms with Crippen LogP contribution in [0, 0.1) is 0 Å². The van der Waals surface area contributed by atoms with E-state index < -0.39 is 23.6 Å². The number of nitrogens with zero attached hydrogens (tertiary/aromatic N) is 2. The fourth-order valence-corrected chi connectivity index (χ4v) is 2.08. The SMILES string of the molecule is O=C1C=CC(=O)[N+]1c1cccc([N+]2C(=O)C=CC2=O)c1. The molecule has 2 aliphatic rings. The Bertz CT molecular complexity index is 624. The van der Waals surface area contributed by atoms with E-state index in [0.717, 1.165) is 9.80 Å². The van der Waals surface area contributed by atoms with E-state index in [1.165, 1.54) is 30.4 Å². The number of carbonyl (C=O) groups is 4. The normalized spacial score (nSPS) is 19.6. The summed E-state index contributed by atoms with van der Waals surface area (Å²) in [5, 5.41) is 0. The average molecular weight is 268 g/mol. The predicted octanol–water partition coefficient (Wildman–Crippen LogP) is 0.476. The van der Waals surface area contributed by atoms with Gasteiger partial charge in [-0.05, 0) is 6.07 Å². The number of hydrogen-bond donors (Lipinski definition) is 0. The van der Waals surface area contributed by atoms with Crippen LogP contribution in [-0.2, 0) is 19.2 Å². The zero-order valence-electron chi connectivity index (χ0n) is 10.1. The Hall–Kier alpha value is -2.70. The van der Waals surface area contributed by atoms with E-state index in [0.29, 0.717) is 11.4 Å². The van der Waals surface area contributed by atoms with Gasteiger partial charge in [-0.3, -0.25) is 0 Å². The van der Waals surface area contributed by atoms with Gasteiger partial charge in [0.25, 0.3) is 0 Å². The summed E-state index contributed by atoms with van der Waals surface area (Å²) in [6.45, 7) is 0. The molecular weight excluding hydrogens is 260 g/mol. The largest absolute Gasteiger partial charge is 0.400 e. The first kappa shape index (κ1) is 12.3. The first-order valence-corrected chi connectivity index (χ1v) is 5.80. The van der Waals surface area contributed by atoms with Crippen LogP contribution in [0.25, 0.3) is 0 Å². The Kier molecular flexibility index (Phi) is 2.74. The molecular formula is C14H8N2O4+2. The first-order valence-electron chi connectivity index (χ1n) is 5.80. The summed E-state index contributed by atoms with van der Waals surface area (Å²) in [5.41, 5.74) is 0.630. The molecule has 0 saturated carbocycles. The monoisotopic (exact) mass is 268 g/mol. The number of hydrogen-bond acceptors (Lipinski definition) is 4. The summed E-state index contributed by atoms with van der Waals surface area (Å²) in [6, 6.07) is 6.14. The molecule has 0 aliphatic carbocycles.